The van der Waals surface area contributed by atoms with Crippen LogP contribution in [0.5, 0.6) is 0 Å². The van der Waals surface area contributed by atoms with Crippen LogP contribution in [0.3, 0.4) is 0 Å². The number of halogens is 1. The summed E-state index contributed by atoms with van der Waals surface area (Å²) in [7, 11) is 0. The molecule has 3 fully saturated rings. The smallest absolute Gasteiger partial charge is 0.407 e. The van der Waals surface area contributed by atoms with Gasteiger partial charge in [0.2, 0.25) is 0 Å². The van der Waals surface area contributed by atoms with E-state index in [9.17, 15) is 9.59 Å². The van der Waals surface area contributed by atoms with Crippen molar-refractivity contribution in [2.75, 3.05) is 12.4 Å². The van der Waals surface area contributed by atoms with Crippen molar-refractivity contribution < 1.29 is 14.3 Å². The summed E-state index contributed by atoms with van der Waals surface area (Å²) in [5.41, 5.74) is 1.70. The molecule has 4 aliphatic rings. The van der Waals surface area contributed by atoms with Crippen LogP contribution in [0.2, 0.25) is 0 Å². The maximum atomic E-state index is 12.1. The van der Waals surface area contributed by atoms with Crippen molar-refractivity contribution in [3.8, 4) is 0 Å². The largest absolute Gasteiger partial charge is 0.446 e. The highest BCUT2D eigenvalue weighted by molar-refractivity contribution is 6.18. The Hall–Kier alpha value is -1.03. The fourth-order valence-corrected chi connectivity index (χ4v) is 7.12. The van der Waals surface area contributed by atoms with E-state index in [1.165, 1.54) is 18.4 Å². The van der Waals surface area contributed by atoms with Crippen LogP contribution in [-0.4, -0.2) is 30.4 Å². The number of alkyl carbamates (subject to hydrolysis) is 1. The molecule has 0 radical (unpaired) electrons. The van der Waals surface area contributed by atoms with Gasteiger partial charge in [0, 0.05) is 24.3 Å². The molecule has 4 rings (SSSR count). The Balaban J connectivity index is 1.51. The third kappa shape index (κ3) is 3.12. The molecule has 150 valence electrons. The van der Waals surface area contributed by atoms with E-state index in [1.807, 2.05) is 6.08 Å². The minimum atomic E-state index is -0.323. The first-order chi connectivity index (χ1) is 12.9. The van der Waals surface area contributed by atoms with Crippen molar-refractivity contribution >= 4 is 23.5 Å². The Morgan fingerprint density at radius 3 is 2.78 bits per heavy atom. The van der Waals surface area contributed by atoms with Crippen molar-refractivity contribution in [2.45, 2.75) is 71.3 Å². The third-order valence-corrected chi connectivity index (χ3v) is 8.68. The predicted molar refractivity (Wildman–Crippen MR) is 106 cm³/mol. The molecule has 0 bridgehead atoms. The van der Waals surface area contributed by atoms with Gasteiger partial charge in [-0.3, -0.25) is 4.79 Å². The van der Waals surface area contributed by atoms with Crippen molar-refractivity contribution in [1.82, 2.24) is 5.32 Å². The minimum absolute atomic E-state index is 0.0106. The van der Waals surface area contributed by atoms with Gasteiger partial charge in [-0.05, 0) is 74.2 Å². The number of ketones is 1. The van der Waals surface area contributed by atoms with E-state index < -0.39 is 0 Å². The molecule has 0 aromatic heterocycles. The fraction of sp³-hybridized carbons (Fsp3) is 0.818. The lowest BCUT2D eigenvalue weighted by Crippen LogP contribution is -2.52. The zero-order valence-electron chi connectivity index (χ0n) is 16.6. The number of fused-ring (bicyclic) bond motifs is 5. The SMILES string of the molecule is C[C@]12CC[C@H]3[C@@H](CCC4=CC(=O)CC[C@@]43C)[C@@H]1CC[C@@H]2OC(=O)NCCCl. The highest BCUT2D eigenvalue weighted by atomic mass is 35.5. The van der Waals surface area contributed by atoms with Gasteiger partial charge >= 0.3 is 6.09 Å². The van der Waals surface area contributed by atoms with E-state index in [2.05, 4.69) is 19.2 Å². The molecule has 0 aliphatic heterocycles. The Labute approximate surface area is 167 Å². The van der Waals surface area contributed by atoms with E-state index in [0.717, 1.165) is 32.1 Å². The Morgan fingerprint density at radius 2 is 2.00 bits per heavy atom. The van der Waals surface area contributed by atoms with Gasteiger partial charge in [-0.25, -0.2) is 4.79 Å². The van der Waals surface area contributed by atoms with E-state index in [1.54, 1.807) is 0 Å². The van der Waals surface area contributed by atoms with Gasteiger partial charge in [-0.1, -0.05) is 19.4 Å². The van der Waals surface area contributed by atoms with Gasteiger partial charge in [0.25, 0.3) is 0 Å². The van der Waals surface area contributed by atoms with Gasteiger partial charge in [-0.2, -0.15) is 0 Å². The van der Waals surface area contributed by atoms with E-state index >= 15 is 0 Å². The first-order valence-electron chi connectivity index (χ1n) is 10.6. The summed E-state index contributed by atoms with van der Waals surface area (Å²) in [4.78, 5) is 24.0. The van der Waals surface area contributed by atoms with Crippen LogP contribution in [0.1, 0.15) is 65.2 Å². The second-order valence-corrected chi connectivity index (χ2v) is 9.98. The number of rotatable bonds is 3. The molecule has 1 amide bonds. The number of nitrogens with one attached hydrogen (secondary N) is 1. The molecule has 0 spiro atoms. The van der Waals surface area contributed by atoms with Crippen molar-refractivity contribution in [2.24, 2.45) is 28.6 Å². The van der Waals surface area contributed by atoms with Crippen LogP contribution in [0, 0.1) is 28.6 Å². The molecule has 0 aromatic carbocycles. The molecule has 0 saturated heterocycles. The van der Waals surface area contributed by atoms with Crippen LogP contribution in [-0.2, 0) is 9.53 Å². The molecule has 4 nitrogen and oxygen atoms in total. The monoisotopic (exact) mass is 393 g/mol. The number of ether oxygens (including phenoxy) is 1. The summed E-state index contributed by atoms with van der Waals surface area (Å²) in [5.74, 6) is 2.71. The molecule has 3 saturated carbocycles. The van der Waals surface area contributed by atoms with Gasteiger partial charge in [0.15, 0.2) is 5.78 Å². The Morgan fingerprint density at radius 1 is 1.19 bits per heavy atom. The highest BCUT2D eigenvalue weighted by Gasteiger charge is 2.59. The van der Waals surface area contributed by atoms with Crippen LogP contribution in [0.25, 0.3) is 0 Å². The predicted octanol–water partition coefficient (Wildman–Crippen LogP) is 4.85. The van der Waals surface area contributed by atoms with Crippen LogP contribution >= 0.6 is 11.6 Å². The normalized spacial score (nSPS) is 43.2. The van der Waals surface area contributed by atoms with Crippen molar-refractivity contribution in [3.05, 3.63) is 11.6 Å². The first kappa shape index (κ1) is 19.3. The third-order valence-electron chi connectivity index (χ3n) is 8.49. The number of hydrogen-bond acceptors (Lipinski definition) is 3. The zero-order chi connectivity index (χ0) is 19.2. The van der Waals surface area contributed by atoms with Crippen LogP contribution in [0.4, 0.5) is 4.79 Å². The van der Waals surface area contributed by atoms with E-state index in [-0.39, 0.29) is 23.0 Å². The summed E-state index contributed by atoms with van der Waals surface area (Å²) in [6, 6.07) is 0. The second-order valence-electron chi connectivity index (χ2n) is 9.60. The van der Waals surface area contributed by atoms with Gasteiger partial charge < -0.3 is 10.1 Å². The quantitative estimate of drug-likeness (QED) is 0.697. The molecule has 5 heteroatoms. The van der Waals surface area contributed by atoms with Gasteiger partial charge in [-0.15, -0.1) is 11.6 Å². The highest BCUT2D eigenvalue weighted by Crippen LogP contribution is 2.65. The average molecular weight is 394 g/mol. The summed E-state index contributed by atoms with van der Waals surface area (Å²) < 4.78 is 5.85. The van der Waals surface area contributed by atoms with Crippen LogP contribution < -0.4 is 5.32 Å². The number of carbonyl (C=O) groups is 2. The lowest BCUT2D eigenvalue weighted by atomic mass is 9.47. The summed E-state index contributed by atoms with van der Waals surface area (Å²) >= 11 is 5.66. The zero-order valence-corrected chi connectivity index (χ0v) is 17.3. The summed E-state index contributed by atoms with van der Waals surface area (Å²) in [6.07, 6.45) is 10.0. The van der Waals surface area contributed by atoms with E-state index in [0.29, 0.717) is 42.4 Å². The van der Waals surface area contributed by atoms with Gasteiger partial charge in [0.1, 0.15) is 6.10 Å². The standard InChI is InChI=1S/C22H32ClNO3/c1-21-9-7-15(25)13-14(21)3-4-16-17-5-6-19(27-20(26)24-12-11-23)22(17,2)10-8-18(16)21/h13,16-19H,3-12H2,1-2H3,(H,24,26)/t16-,17-,18-,19-,21-,22-/m0/s1. The molecular formula is C22H32ClNO3. The molecule has 0 aromatic rings. The lowest BCUT2D eigenvalue weighted by Gasteiger charge is -2.57. The second kappa shape index (κ2) is 7.09. The minimum Gasteiger partial charge on any atom is -0.446 e. The number of allylic oxidation sites excluding steroid dienone is 1. The molecule has 1 N–H and O–H groups in total. The lowest BCUT2D eigenvalue weighted by molar-refractivity contribution is -0.118. The maximum absolute atomic E-state index is 12.1. The Bertz CT molecular complexity index is 662. The summed E-state index contributed by atoms with van der Waals surface area (Å²) in [6.45, 7) is 5.20. The fourth-order valence-electron chi connectivity index (χ4n) is 7.03. The number of amides is 1. The molecule has 0 unspecified atom stereocenters. The number of hydrogen-bond donors (Lipinski definition) is 1. The van der Waals surface area contributed by atoms with Crippen LogP contribution in [0.15, 0.2) is 11.6 Å². The summed E-state index contributed by atoms with van der Waals surface area (Å²) in [5, 5.41) is 2.74. The van der Waals surface area contributed by atoms with Crippen molar-refractivity contribution in [1.29, 1.82) is 0 Å². The maximum Gasteiger partial charge on any atom is 0.407 e. The number of carbonyl (C=O) groups excluding carboxylic acids is 2. The molecule has 0 heterocycles. The Kier molecular flexibility index (Phi) is 5.07. The molecule has 27 heavy (non-hydrogen) atoms. The average Bonchev–Trinajstić information content (AvgIpc) is 2.97. The molecular weight excluding hydrogens is 362 g/mol. The van der Waals surface area contributed by atoms with Gasteiger partial charge in [0.05, 0.1) is 0 Å². The van der Waals surface area contributed by atoms with Crippen molar-refractivity contribution in [3.63, 3.8) is 0 Å². The first-order valence-corrected chi connectivity index (χ1v) is 11.2. The van der Waals surface area contributed by atoms with E-state index in [4.69, 9.17) is 16.3 Å². The number of alkyl halides is 1. The molecule has 6 atom stereocenters. The molecule has 4 aliphatic carbocycles. The topological polar surface area (TPSA) is 55.4 Å².